The summed E-state index contributed by atoms with van der Waals surface area (Å²) in [7, 11) is 1.55. The first-order valence-corrected chi connectivity index (χ1v) is 11.2. The van der Waals surface area contributed by atoms with E-state index in [4.69, 9.17) is 4.74 Å². The quantitative estimate of drug-likeness (QED) is 0.420. The number of hydrogen-bond donors (Lipinski definition) is 2. The van der Waals surface area contributed by atoms with E-state index in [9.17, 15) is 14.3 Å². The molecule has 174 valence electrons. The van der Waals surface area contributed by atoms with Gasteiger partial charge in [-0.3, -0.25) is 4.79 Å². The number of amides is 1. The van der Waals surface area contributed by atoms with Crippen molar-refractivity contribution in [2.45, 2.75) is 24.8 Å². The van der Waals surface area contributed by atoms with Crippen LogP contribution in [-0.4, -0.2) is 45.5 Å². The first-order valence-electron chi connectivity index (χ1n) is 11.2. The Bertz CT molecular complexity index is 1300. The maximum Gasteiger partial charge on any atom is 0.223 e. The molecule has 0 bridgehead atoms. The number of nitrogens with one attached hydrogen (secondary N) is 1. The summed E-state index contributed by atoms with van der Waals surface area (Å²) in [6.45, 7) is -0.220. The molecule has 1 amide bonds. The number of fused-ring (bicyclic) bond motifs is 1. The molecule has 0 saturated heterocycles. The second kappa shape index (κ2) is 9.23. The standard InChI is InChI=1S/C26H25FN4O3/c1-34-24-11-5-18(13-28-24)25(22(15-32)30-26(33)16-2-3-16)17-4-10-23-19(12-17)14-29-31(23)21-8-6-20(27)7-9-21/h4-14,16,22,25,32H,2-3,15H2,1H3,(H,30,33). The summed E-state index contributed by atoms with van der Waals surface area (Å²) in [5.74, 6) is -0.150. The lowest BCUT2D eigenvalue weighted by molar-refractivity contribution is -0.123. The Hall–Kier alpha value is -3.78. The van der Waals surface area contributed by atoms with Crippen LogP contribution in [0.25, 0.3) is 16.6 Å². The number of ether oxygens (including phenoxy) is 1. The summed E-state index contributed by atoms with van der Waals surface area (Å²) >= 11 is 0. The molecule has 2 atom stereocenters. The first kappa shape index (κ1) is 22.0. The average molecular weight is 461 g/mol. The zero-order chi connectivity index (χ0) is 23.7. The second-order valence-corrected chi connectivity index (χ2v) is 8.53. The summed E-state index contributed by atoms with van der Waals surface area (Å²) in [6, 6.07) is 15.2. The summed E-state index contributed by atoms with van der Waals surface area (Å²) < 4.78 is 20.3. The predicted octanol–water partition coefficient (Wildman–Crippen LogP) is 3.59. The molecule has 1 aliphatic carbocycles. The number of carbonyl (C=O) groups excluding carboxylic acids is 1. The van der Waals surface area contributed by atoms with Gasteiger partial charge < -0.3 is 15.2 Å². The fourth-order valence-electron chi connectivity index (χ4n) is 4.27. The van der Waals surface area contributed by atoms with Crippen molar-refractivity contribution in [1.29, 1.82) is 0 Å². The largest absolute Gasteiger partial charge is 0.481 e. The molecule has 2 aromatic carbocycles. The average Bonchev–Trinajstić information content (AvgIpc) is 3.64. The lowest BCUT2D eigenvalue weighted by atomic mass is 9.85. The summed E-state index contributed by atoms with van der Waals surface area (Å²) in [4.78, 5) is 16.9. The van der Waals surface area contributed by atoms with Crippen molar-refractivity contribution in [2.75, 3.05) is 13.7 Å². The first-order chi connectivity index (χ1) is 16.6. The molecule has 0 radical (unpaired) electrons. The van der Waals surface area contributed by atoms with Gasteiger partial charge in [0.25, 0.3) is 0 Å². The monoisotopic (exact) mass is 460 g/mol. The Morgan fingerprint density at radius 3 is 2.56 bits per heavy atom. The van der Waals surface area contributed by atoms with E-state index in [1.165, 1.54) is 12.1 Å². The molecule has 1 aliphatic rings. The maximum atomic E-state index is 13.4. The minimum atomic E-state index is -0.520. The lowest BCUT2D eigenvalue weighted by Gasteiger charge is -2.27. The number of nitrogens with zero attached hydrogens (tertiary/aromatic N) is 3. The molecular weight excluding hydrogens is 435 g/mol. The topological polar surface area (TPSA) is 89.3 Å². The number of rotatable bonds is 8. The fourth-order valence-corrected chi connectivity index (χ4v) is 4.27. The highest BCUT2D eigenvalue weighted by atomic mass is 19.1. The van der Waals surface area contributed by atoms with Crippen LogP contribution >= 0.6 is 0 Å². The van der Waals surface area contributed by atoms with Crippen molar-refractivity contribution < 1.29 is 19.0 Å². The second-order valence-electron chi connectivity index (χ2n) is 8.53. The Labute approximate surface area is 196 Å². The molecule has 0 aliphatic heterocycles. The van der Waals surface area contributed by atoms with Crippen molar-refractivity contribution >= 4 is 16.8 Å². The molecule has 7 nitrogen and oxygen atoms in total. The number of methoxy groups -OCH3 is 1. The van der Waals surface area contributed by atoms with Gasteiger partial charge in [0, 0.05) is 29.5 Å². The highest BCUT2D eigenvalue weighted by Gasteiger charge is 2.34. The Kier molecular flexibility index (Phi) is 5.98. The third kappa shape index (κ3) is 4.36. The van der Waals surface area contributed by atoms with E-state index in [1.807, 2.05) is 24.3 Å². The van der Waals surface area contributed by atoms with Crippen LogP contribution in [0.2, 0.25) is 0 Å². The van der Waals surface area contributed by atoms with Crippen molar-refractivity contribution in [3.8, 4) is 11.6 Å². The predicted molar refractivity (Wildman–Crippen MR) is 125 cm³/mol. The van der Waals surface area contributed by atoms with E-state index >= 15 is 0 Å². The van der Waals surface area contributed by atoms with Gasteiger partial charge in [0.05, 0.1) is 37.2 Å². The van der Waals surface area contributed by atoms with Crippen LogP contribution in [0.4, 0.5) is 4.39 Å². The third-order valence-corrected chi connectivity index (χ3v) is 6.22. The van der Waals surface area contributed by atoms with Gasteiger partial charge in [-0.2, -0.15) is 5.10 Å². The number of aliphatic hydroxyl groups excluding tert-OH is 1. The minimum absolute atomic E-state index is 0.0279. The zero-order valence-corrected chi connectivity index (χ0v) is 18.7. The van der Waals surface area contributed by atoms with E-state index in [-0.39, 0.29) is 30.2 Å². The minimum Gasteiger partial charge on any atom is -0.481 e. The molecule has 2 N–H and O–H groups in total. The van der Waals surface area contributed by atoms with Crippen molar-refractivity contribution in [3.05, 3.63) is 83.9 Å². The normalized spacial score (nSPS) is 15.1. The summed E-state index contributed by atoms with van der Waals surface area (Å²) in [5.41, 5.74) is 3.38. The molecular formula is C26H25FN4O3. The number of hydrogen-bond acceptors (Lipinski definition) is 5. The summed E-state index contributed by atoms with van der Waals surface area (Å²) in [6.07, 6.45) is 5.23. The molecule has 8 heteroatoms. The zero-order valence-electron chi connectivity index (χ0n) is 18.7. The van der Waals surface area contributed by atoms with E-state index in [2.05, 4.69) is 15.4 Å². The molecule has 2 heterocycles. The van der Waals surface area contributed by atoms with Crippen molar-refractivity contribution in [1.82, 2.24) is 20.1 Å². The highest BCUT2D eigenvalue weighted by Crippen LogP contribution is 2.33. The number of carbonyl (C=O) groups is 1. The molecule has 0 spiro atoms. The Balaban J connectivity index is 1.54. The SMILES string of the molecule is COc1ccc(C(c2ccc3c(cnn3-c3ccc(F)cc3)c2)C(CO)NC(=O)C2CC2)cn1. The van der Waals surface area contributed by atoms with E-state index in [0.29, 0.717) is 5.88 Å². The van der Waals surface area contributed by atoms with Crippen LogP contribution in [-0.2, 0) is 4.79 Å². The maximum absolute atomic E-state index is 13.4. The van der Waals surface area contributed by atoms with Crippen LogP contribution in [0.3, 0.4) is 0 Å². The summed E-state index contributed by atoms with van der Waals surface area (Å²) in [5, 5.41) is 18.7. The van der Waals surface area contributed by atoms with Gasteiger partial charge in [0.2, 0.25) is 11.8 Å². The van der Waals surface area contributed by atoms with Gasteiger partial charge in [-0.1, -0.05) is 12.1 Å². The van der Waals surface area contributed by atoms with Crippen LogP contribution in [0.5, 0.6) is 5.88 Å². The van der Waals surface area contributed by atoms with Crippen LogP contribution in [0.15, 0.2) is 67.0 Å². The number of aromatic nitrogens is 3. The van der Waals surface area contributed by atoms with Gasteiger partial charge in [-0.25, -0.2) is 14.1 Å². The smallest absolute Gasteiger partial charge is 0.223 e. The van der Waals surface area contributed by atoms with Gasteiger partial charge in [0.1, 0.15) is 5.82 Å². The number of halogens is 1. The van der Waals surface area contributed by atoms with Crippen molar-refractivity contribution in [3.63, 3.8) is 0 Å². The molecule has 2 unspecified atom stereocenters. The highest BCUT2D eigenvalue weighted by molar-refractivity contribution is 5.82. The molecule has 1 saturated carbocycles. The van der Waals surface area contributed by atoms with Crippen LogP contribution < -0.4 is 10.1 Å². The number of aliphatic hydroxyl groups is 1. The van der Waals surface area contributed by atoms with Crippen LogP contribution in [0.1, 0.15) is 29.9 Å². The molecule has 4 aromatic rings. The number of pyridine rings is 1. The fraction of sp³-hybridized carbons (Fsp3) is 0.269. The van der Waals surface area contributed by atoms with E-state index in [0.717, 1.165) is 40.6 Å². The van der Waals surface area contributed by atoms with E-state index < -0.39 is 6.04 Å². The van der Waals surface area contributed by atoms with Crippen molar-refractivity contribution in [2.24, 2.45) is 5.92 Å². The molecule has 5 rings (SSSR count). The molecule has 2 aromatic heterocycles. The van der Waals surface area contributed by atoms with Crippen LogP contribution in [0, 0.1) is 11.7 Å². The Morgan fingerprint density at radius 2 is 1.91 bits per heavy atom. The molecule has 1 fully saturated rings. The van der Waals surface area contributed by atoms with Gasteiger partial charge >= 0.3 is 0 Å². The third-order valence-electron chi connectivity index (χ3n) is 6.22. The van der Waals surface area contributed by atoms with Gasteiger partial charge in [-0.05, 0) is 60.4 Å². The number of benzene rings is 2. The van der Waals surface area contributed by atoms with Gasteiger partial charge in [-0.15, -0.1) is 0 Å². The van der Waals surface area contributed by atoms with E-state index in [1.54, 1.807) is 42.4 Å². The lowest BCUT2D eigenvalue weighted by Crippen LogP contribution is -2.43. The molecule has 34 heavy (non-hydrogen) atoms. The van der Waals surface area contributed by atoms with Gasteiger partial charge in [0.15, 0.2) is 0 Å². The Morgan fingerprint density at radius 1 is 1.15 bits per heavy atom.